The first-order chi connectivity index (χ1) is 7.56. The van der Waals surface area contributed by atoms with Crippen LogP contribution >= 0.6 is 0 Å². The molecule has 2 N–H and O–H groups in total. The third-order valence-electron chi connectivity index (χ3n) is 2.76. The number of likely N-dealkylation sites (N-methyl/N-ethyl adjacent to an activating group) is 1. The van der Waals surface area contributed by atoms with Crippen LogP contribution in [0.4, 0.5) is 0 Å². The number of carbonyl (C=O) groups is 2. The van der Waals surface area contributed by atoms with Crippen LogP contribution in [0.2, 0.25) is 0 Å². The van der Waals surface area contributed by atoms with E-state index in [0.29, 0.717) is 19.8 Å². The zero-order valence-electron chi connectivity index (χ0n) is 9.60. The number of hydrogen-bond acceptors (Lipinski definition) is 4. The van der Waals surface area contributed by atoms with E-state index in [1.54, 1.807) is 7.05 Å². The molecule has 1 heterocycles. The average molecular weight is 230 g/mol. The lowest BCUT2D eigenvalue weighted by molar-refractivity contribution is -0.142. The van der Waals surface area contributed by atoms with E-state index in [1.165, 1.54) is 0 Å². The Balaban J connectivity index is 2.65. The van der Waals surface area contributed by atoms with Crippen LogP contribution < -0.4 is 5.32 Å². The first-order valence-electron chi connectivity index (χ1n) is 5.33. The van der Waals surface area contributed by atoms with Crippen molar-refractivity contribution in [2.75, 3.05) is 26.8 Å². The molecule has 92 valence electrons. The lowest BCUT2D eigenvalue weighted by Gasteiger charge is -2.37. The molecule has 0 aromatic carbocycles. The van der Waals surface area contributed by atoms with Gasteiger partial charge in [-0.05, 0) is 6.92 Å². The van der Waals surface area contributed by atoms with E-state index >= 15 is 0 Å². The van der Waals surface area contributed by atoms with E-state index in [1.807, 2.05) is 11.8 Å². The van der Waals surface area contributed by atoms with Crippen LogP contribution in [-0.2, 0) is 14.3 Å². The van der Waals surface area contributed by atoms with Crippen LogP contribution in [0.1, 0.15) is 13.3 Å². The van der Waals surface area contributed by atoms with Gasteiger partial charge in [-0.25, -0.2) is 0 Å². The predicted molar refractivity (Wildman–Crippen MR) is 57.1 cm³/mol. The van der Waals surface area contributed by atoms with Gasteiger partial charge in [0, 0.05) is 19.6 Å². The van der Waals surface area contributed by atoms with Crippen molar-refractivity contribution in [1.29, 1.82) is 0 Å². The number of morpholine rings is 1. The number of amides is 1. The molecule has 1 amide bonds. The van der Waals surface area contributed by atoms with Crippen LogP contribution in [0.5, 0.6) is 0 Å². The number of aliphatic carboxylic acids is 1. The Morgan fingerprint density at radius 1 is 1.62 bits per heavy atom. The van der Waals surface area contributed by atoms with Gasteiger partial charge < -0.3 is 15.2 Å². The third-order valence-corrected chi connectivity index (χ3v) is 2.76. The lowest BCUT2D eigenvalue weighted by atomic mass is 10.1. The summed E-state index contributed by atoms with van der Waals surface area (Å²) in [5.41, 5.74) is 0. The first-order valence-corrected chi connectivity index (χ1v) is 5.33. The molecule has 6 heteroatoms. The largest absolute Gasteiger partial charge is 0.481 e. The number of ether oxygens (including phenoxy) is 1. The van der Waals surface area contributed by atoms with Crippen LogP contribution in [0.15, 0.2) is 0 Å². The molecule has 0 bridgehead atoms. The Morgan fingerprint density at radius 3 is 2.88 bits per heavy atom. The summed E-state index contributed by atoms with van der Waals surface area (Å²) in [7, 11) is 1.57. The minimum Gasteiger partial charge on any atom is -0.481 e. The molecule has 2 atom stereocenters. The minimum absolute atomic E-state index is 0.0352. The smallest absolute Gasteiger partial charge is 0.304 e. The highest BCUT2D eigenvalue weighted by molar-refractivity contribution is 5.81. The Labute approximate surface area is 94.6 Å². The summed E-state index contributed by atoms with van der Waals surface area (Å²) in [5, 5.41) is 11.3. The molecule has 0 spiro atoms. The number of nitrogens with one attached hydrogen (secondary N) is 1. The molecule has 1 aliphatic rings. The van der Waals surface area contributed by atoms with Crippen molar-refractivity contribution in [1.82, 2.24) is 10.2 Å². The molecule has 1 fully saturated rings. The molecule has 0 aromatic heterocycles. The second kappa shape index (κ2) is 5.81. The molecule has 1 aliphatic heterocycles. The number of carbonyl (C=O) groups excluding carboxylic acids is 1. The van der Waals surface area contributed by atoms with E-state index in [0.717, 1.165) is 0 Å². The van der Waals surface area contributed by atoms with E-state index < -0.39 is 5.97 Å². The maximum absolute atomic E-state index is 11.6. The topological polar surface area (TPSA) is 78.9 Å². The van der Waals surface area contributed by atoms with E-state index in [2.05, 4.69) is 5.32 Å². The maximum atomic E-state index is 11.6. The summed E-state index contributed by atoms with van der Waals surface area (Å²) in [4.78, 5) is 24.1. The number of carboxylic acids is 1. The summed E-state index contributed by atoms with van der Waals surface area (Å²) < 4.78 is 5.24. The van der Waals surface area contributed by atoms with Gasteiger partial charge in [-0.1, -0.05) is 0 Å². The Kier molecular flexibility index (Phi) is 4.70. The van der Waals surface area contributed by atoms with Crippen molar-refractivity contribution in [2.24, 2.45) is 0 Å². The first kappa shape index (κ1) is 12.9. The zero-order chi connectivity index (χ0) is 12.1. The summed E-state index contributed by atoms with van der Waals surface area (Å²) in [5.74, 6) is -0.980. The Hall–Kier alpha value is -1.14. The molecular formula is C10H18N2O4. The zero-order valence-corrected chi connectivity index (χ0v) is 9.60. The number of hydrogen-bond donors (Lipinski definition) is 2. The predicted octanol–water partition coefficient (Wildman–Crippen LogP) is -0.704. The molecule has 0 aromatic rings. The molecule has 1 saturated heterocycles. The van der Waals surface area contributed by atoms with Crippen molar-refractivity contribution in [3.63, 3.8) is 0 Å². The van der Waals surface area contributed by atoms with Crippen molar-refractivity contribution in [3.8, 4) is 0 Å². The van der Waals surface area contributed by atoms with Crippen LogP contribution in [0.3, 0.4) is 0 Å². The maximum Gasteiger partial charge on any atom is 0.304 e. The fraction of sp³-hybridized carbons (Fsp3) is 0.800. The van der Waals surface area contributed by atoms with Gasteiger partial charge in [-0.2, -0.15) is 0 Å². The van der Waals surface area contributed by atoms with Crippen molar-refractivity contribution in [3.05, 3.63) is 0 Å². The van der Waals surface area contributed by atoms with Crippen LogP contribution in [-0.4, -0.2) is 60.8 Å². The SMILES string of the molecule is CNC(=O)C1COCCN1C(C)CC(=O)O. The van der Waals surface area contributed by atoms with Crippen molar-refractivity contribution < 1.29 is 19.4 Å². The fourth-order valence-corrected chi connectivity index (χ4v) is 1.91. The van der Waals surface area contributed by atoms with E-state index in [-0.39, 0.29) is 24.4 Å². The van der Waals surface area contributed by atoms with Gasteiger partial charge in [0.25, 0.3) is 0 Å². The highest BCUT2D eigenvalue weighted by Gasteiger charge is 2.32. The number of nitrogens with zero attached hydrogens (tertiary/aromatic N) is 1. The second-order valence-electron chi connectivity index (χ2n) is 3.89. The summed E-state index contributed by atoms with van der Waals surface area (Å²) in [6.45, 7) is 3.27. The van der Waals surface area contributed by atoms with Gasteiger partial charge in [0.05, 0.1) is 19.6 Å². The summed E-state index contributed by atoms with van der Waals surface area (Å²) in [6, 6.07) is -0.545. The third kappa shape index (κ3) is 3.18. The van der Waals surface area contributed by atoms with Gasteiger partial charge >= 0.3 is 5.97 Å². The number of carboxylic acid groups (broad SMARTS) is 1. The van der Waals surface area contributed by atoms with Gasteiger partial charge in [0.15, 0.2) is 0 Å². The molecule has 6 nitrogen and oxygen atoms in total. The van der Waals surface area contributed by atoms with Gasteiger partial charge in [-0.3, -0.25) is 14.5 Å². The minimum atomic E-state index is -0.852. The van der Waals surface area contributed by atoms with Gasteiger partial charge in [0.1, 0.15) is 6.04 Å². The van der Waals surface area contributed by atoms with E-state index in [9.17, 15) is 9.59 Å². The molecule has 0 saturated carbocycles. The molecule has 2 unspecified atom stereocenters. The highest BCUT2D eigenvalue weighted by Crippen LogP contribution is 2.13. The molecule has 16 heavy (non-hydrogen) atoms. The molecular weight excluding hydrogens is 212 g/mol. The quantitative estimate of drug-likeness (QED) is 0.667. The molecule has 0 aliphatic carbocycles. The second-order valence-corrected chi connectivity index (χ2v) is 3.89. The van der Waals surface area contributed by atoms with Gasteiger partial charge in [-0.15, -0.1) is 0 Å². The van der Waals surface area contributed by atoms with E-state index in [4.69, 9.17) is 9.84 Å². The number of rotatable bonds is 4. The lowest BCUT2D eigenvalue weighted by Crippen LogP contribution is -2.56. The standard InChI is InChI=1S/C10H18N2O4/c1-7(5-9(13)14)12-3-4-16-6-8(12)10(15)11-2/h7-8H,3-6H2,1-2H3,(H,11,15)(H,13,14). The normalized spacial score (nSPS) is 23.8. The molecule has 1 rings (SSSR count). The Morgan fingerprint density at radius 2 is 2.31 bits per heavy atom. The average Bonchev–Trinajstić information content (AvgIpc) is 2.27. The summed E-state index contributed by atoms with van der Waals surface area (Å²) >= 11 is 0. The molecule has 0 radical (unpaired) electrons. The Bertz CT molecular complexity index is 270. The van der Waals surface area contributed by atoms with Crippen LogP contribution in [0.25, 0.3) is 0 Å². The van der Waals surface area contributed by atoms with Gasteiger partial charge in [0.2, 0.25) is 5.91 Å². The van der Waals surface area contributed by atoms with Crippen LogP contribution in [0, 0.1) is 0 Å². The van der Waals surface area contributed by atoms with Crippen molar-refractivity contribution in [2.45, 2.75) is 25.4 Å². The van der Waals surface area contributed by atoms with Crippen molar-refractivity contribution >= 4 is 11.9 Å². The fourth-order valence-electron chi connectivity index (χ4n) is 1.91. The summed E-state index contributed by atoms with van der Waals surface area (Å²) in [6.07, 6.45) is 0.0352. The monoisotopic (exact) mass is 230 g/mol. The highest BCUT2D eigenvalue weighted by atomic mass is 16.5.